The normalized spacial score (nSPS) is 32.1. The van der Waals surface area contributed by atoms with Gasteiger partial charge in [0, 0.05) is 24.2 Å². The van der Waals surface area contributed by atoms with Crippen LogP contribution in [0.4, 0.5) is 10.1 Å². The fourth-order valence-corrected chi connectivity index (χ4v) is 7.42. The number of para-hydroxylation sites is 1. The Balaban J connectivity index is 1.57. The number of carboxylic acid groups (broad SMARTS) is 1. The van der Waals surface area contributed by atoms with Gasteiger partial charge in [-0.15, -0.1) is 0 Å². The Labute approximate surface area is 248 Å². The zero-order chi connectivity index (χ0) is 30.6. The fraction of sp³-hybridized carbons (Fsp3) is 0.394. The third-order valence-electron chi connectivity index (χ3n) is 9.07. The van der Waals surface area contributed by atoms with Crippen LogP contribution in [0.25, 0.3) is 0 Å². The summed E-state index contributed by atoms with van der Waals surface area (Å²) in [5.74, 6) is -2.62. The van der Waals surface area contributed by atoms with Crippen molar-refractivity contribution in [3.63, 3.8) is 0 Å². The number of hydrogen-bond donors (Lipinski definition) is 4. The fourth-order valence-electron chi connectivity index (χ4n) is 7.42. The lowest BCUT2D eigenvalue weighted by Crippen LogP contribution is -2.70. The molecule has 226 valence electrons. The molecule has 0 aromatic heterocycles. The molecule has 0 radical (unpaired) electrons. The van der Waals surface area contributed by atoms with E-state index in [-0.39, 0.29) is 13.0 Å². The van der Waals surface area contributed by atoms with Crippen LogP contribution in [0, 0.1) is 11.7 Å². The van der Waals surface area contributed by atoms with Gasteiger partial charge in [0.2, 0.25) is 5.60 Å². The second-order valence-electron chi connectivity index (χ2n) is 11.8. The molecule has 4 N–H and O–H groups in total. The number of ether oxygens (including phenoxy) is 2. The van der Waals surface area contributed by atoms with Gasteiger partial charge in [-0.3, -0.25) is 9.59 Å². The number of amides is 1. The number of morpholine rings is 1. The largest absolute Gasteiger partial charge is 0.481 e. The molecule has 6 rings (SSSR count). The molecule has 9 nitrogen and oxygen atoms in total. The lowest BCUT2D eigenvalue weighted by molar-refractivity contribution is -0.327. The Morgan fingerprint density at radius 3 is 2.23 bits per heavy atom. The van der Waals surface area contributed by atoms with Crippen LogP contribution in [-0.4, -0.2) is 62.2 Å². The molecular formula is C33H35FN2O7. The Kier molecular flexibility index (Phi) is 7.18. The Morgan fingerprint density at radius 2 is 1.63 bits per heavy atom. The number of aliphatic carboxylic acids is 1. The molecule has 3 saturated heterocycles. The quantitative estimate of drug-likeness (QED) is 0.276. The van der Waals surface area contributed by atoms with E-state index in [2.05, 4.69) is 5.32 Å². The molecule has 0 bridgehead atoms. The predicted octanol–water partition coefficient (Wildman–Crippen LogP) is 3.96. The van der Waals surface area contributed by atoms with Crippen LogP contribution in [0.15, 0.2) is 84.9 Å². The summed E-state index contributed by atoms with van der Waals surface area (Å²) in [6, 6.07) is 23.4. The molecule has 3 aliphatic heterocycles. The topological polar surface area (TPSA) is 132 Å². The van der Waals surface area contributed by atoms with Crippen molar-refractivity contribution in [2.45, 2.75) is 68.0 Å². The van der Waals surface area contributed by atoms with Crippen molar-refractivity contribution in [3.8, 4) is 0 Å². The van der Waals surface area contributed by atoms with Crippen molar-refractivity contribution in [1.82, 2.24) is 4.90 Å². The highest BCUT2D eigenvalue weighted by molar-refractivity contribution is 6.03. The number of rotatable bonds is 9. The van der Waals surface area contributed by atoms with E-state index in [1.165, 1.54) is 24.3 Å². The molecule has 3 heterocycles. The van der Waals surface area contributed by atoms with Gasteiger partial charge < -0.3 is 30.1 Å². The average molecular weight is 591 g/mol. The van der Waals surface area contributed by atoms with Crippen LogP contribution in [0.3, 0.4) is 0 Å². The maximum Gasteiger partial charge on any atom is 0.305 e. The van der Waals surface area contributed by atoms with E-state index in [1.54, 1.807) is 53.4 Å². The summed E-state index contributed by atoms with van der Waals surface area (Å²) < 4.78 is 27.8. The van der Waals surface area contributed by atoms with Crippen LogP contribution in [0.1, 0.15) is 44.2 Å². The first-order chi connectivity index (χ1) is 20.5. The van der Waals surface area contributed by atoms with Gasteiger partial charge in [0.25, 0.3) is 5.91 Å². The van der Waals surface area contributed by atoms with Crippen molar-refractivity contribution < 1.29 is 38.8 Å². The van der Waals surface area contributed by atoms with E-state index in [0.29, 0.717) is 23.2 Å². The number of epoxide rings is 1. The van der Waals surface area contributed by atoms with Gasteiger partial charge in [0.1, 0.15) is 5.82 Å². The highest BCUT2D eigenvalue weighted by Gasteiger charge is 2.99. The Morgan fingerprint density at radius 1 is 1.00 bits per heavy atom. The summed E-state index contributed by atoms with van der Waals surface area (Å²) >= 11 is 0. The molecule has 6 atom stereocenters. The molecule has 3 aromatic carbocycles. The number of anilines is 1. The SMILES string of the molecule is CC(C)C12OC(C[C@@H](O)CC(=O)O)CCN1C(O)(c1ccc(F)cc1)C1(c3ccccc3)OC21C(=O)Nc1ccccc1. The maximum atomic E-state index is 14.7. The molecule has 43 heavy (non-hydrogen) atoms. The summed E-state index contributed by atoms with van der Waals surface area (Å²) in [6.07, 6.45) is -1.94. The van der Waals surface area contributed by atoms with Gasteiger partial charge in [-0.05, 0) is 42.2 Å². The summed E-state index contributed by atoms with van der Waals surface area (Å²) in [4.78, 5) is 27.8. The Hall–Kier alpha value is -3.67. The van der Waals surface area contributed by atoms with E-state index < -0.39 is 64.9 Å². The van der Waals surface area contributed by atoms with Gasteiger partial charge in [-0.1, -0.05) is 74.5 Å². The highest BCUT2D eigenvalue weighted by atomic mass is 19.1. The first kappa shape index (κ1) is 29.4. The molecular weight excluding hydrogens is 555 g/mol. The number of aliphatic hydroxyl groups is 2. The number of nitrogens with one attached hydrogen (secondary N) is 1. The van der Waals surface area contributed by atoms with Gasteiger partial charge in [-0.25, -0.2) is 9.29 Å². The summed E-state index contributed by atoms with van der Waals surface area (Å²) in [6.45, 7) is 3.96. The zero-order valence-corrected chi connectivity index (χ0v) is 23.9. The van der Waals surface area contributed by atoms with E-state index in [1.807, 2.05) is 26.0 Å². The van der Waals surface area contributed by atoms with E-state index >= 15 is 0 Å². The molecule has 10 heteroatoms. The molecule has 3 aromatic rings. The zero-order valence-electron chi connectivity index (χ0n) is 23.9. The van der Waals surface area contributed by atoms with Gasteiger partial charge >= 0.3 is 5.97 Å². The maximum absolute atomic E-state index is 14.7. The second-order valence-corrected chi connectivity index (χ2v) is 11.8. The smallest absolute Gasteiger partial charge is 0.305 e. The number of aliphatic hydroxyl groups excluding tert-OH is 1. The van der Waals surface area contributed by atoms with Crippen molar-refractivity contribution in [1.29, 1.82) is 0 Å². The van der Waals surface area contributed by atoms with Gasteiger partial charge in [0.05, 0.1) is 18.6 Å². The van der Waals surface area contributed by atoms with E-state index in [0.717, 1.165) is 0 Å². The standard InChI is InChI=1S/C33H35FN2O7/c1-21(2)33-31(29(40)35-25-11-7-4-8-12-25)30(43-31,22-9-5-3-6-10-22)32(41,23-13-15-24(34)16-14-23)36(33)18-17-27(42-33)19-26(37)20-28(38)39/h3-16,21,26-27,37,41H,17-20H2,1-2H3,(H,35,40)(H,38,39)/t26-,27?,30?,31?,32?,33?/m1/s1. The second kappa shape index (κ2) is 10.5. The lowest BCUT2D eigenvalue weighted by Gasteiger charge is -2.55. The Bertz CT molecular complexity index is 1510. The van der Waals surface area contributed by atoms with E-state index in [4.69, 9.17) is 9.47 Å². The third-order valence-corrected chi connectivity index (χ3v) is 9.07. The van der Waals surface area contributed by atoms with Crippen LogP contribution >= 0.6 is 0 Å². The molecule has 5 unspecified atom stereocenters. The van der Waals surface area contributed by atoms with E-state index in [9.17, 15) is 29.3 Å². The third kappa shape index (κ3) is 4.08. The van der Waals surface area contributed by atoms with Gasteiger partial charge in [-0.2, -0.15) is 0 Å². The first-order valence-electron chi connectivity index (χ1n) is 14.5. The number of halogens is 1. The molecule has 0 saturated carbocycles. The van der Waals surface area contributed by atoms with Crippen molar-refractivity contribution in [2.75, 3.05) is 11.9 Å². The minimum Gasteiger partial charge on any atom is -0.481 e. The highest BCUT2D eigenvalue weighted by Crippen LogP contribution is 2.79. The lowest BCUT2D eigenvalue weighted by atomic mass is 9.73. The van der Waals surface area contributed by atoms with Crippen LogP contribution in [0.5, 0.6) is 0 Å². The summed E-state index contributed by atoms with van der Waals surface area (Å²) in [5, 5.41) is 35.9. The minimum absolute atomic E-state index is 0.0122. The number of carboxylic acids is 1. The monoisotopic (exact) mass is 590 g/mol. The van der Waals surface area contributed by atoms with Gasteiger partial charge in [0.15, 0.2) is 17.1 Å². The molecule has 1 amide bonds. The van der Waals surface area contributed by atoms with Crippen LogP contribution in [-0.2, 0) is 30.4 Å². The van der Waals surface area contributed by atoms with Crippen molar-refractivity contribution in [2.24, 2.45) is 5.92 Å². The molecule has 3 fully saturated rings. The summed E-state index contributed by atoms with van der Waals surface area (Å²) in [7, 11) is 0. The predicted molar refractivity (Wildman–Crippen MR) is 154 cm³/mol. The molecule has 0 aliphatic carbocycles. The minimum atomic E-state index is -2.00. The molecule has 0 spiro atoms. The molecule has 3 aliphatic rings. The summed E-state index contributed by atoms with van der Waals surface area (Å²) in [5.41, 5.74) is -5.71. The number of carbonyl (C=O) groups excluding carboxylic acids is 1. The number of nitrogens with zero attached hydrogens (tertiary/aromatic N) is 1. The number of carbonyl (C=O) groups is 2. The first-order valence-corrected chi connectivity index (χ1v) is 14.5. The van der Waals surface area contributed by atoms with Crippen molar-refractivity contribution in [3.05, 3.63) is 102 Å². The average Bonchev–Trinajstić information content (AvgIpc) is 3.67. The van der Waals surface area contributed by atoms with Crippen molar-refractivity contribution >= 4 is 17.6 Å². The van der Waals surface area contributed by atoms with Crippen LogP contribution in [0.2, 0.25) is 0 Å². The van der Waals surface area contributed by atoms with Crippen LogP contribution < -0.4 is 5.32 Å². The number of fused-ring (bicyclic) bond motifs is 3. The number of benzene rings is 3. The number of hydrogen-bond acceptors (Lipinski definition) is 7.